The molecule has 0 radical (unpaired) electrons. The first-order valence-electron chi connectivity index (χ1n) is 6.19. The summed E-state index contributed by atoms with van der Waals surface area (Å²) in [6.07, 6.45) is 2.78. The predicted molar refractivity (Wildman–Crippen MR) is 83.5 cm³/mol. The molecule has 0 fully saturated rings. The van der Waals surface area contributed by atoms with E-state index >= 15 is 0 Å². The second-order valence-electron chi connectivity index (χ2n) is 4.70. The number of ether oxygens (including phenoxy) is 1. The number of halogens is 1. The Bertz CT molecular complexity index is 796. The van der Waals surface area contributed by atoms with Gasteiger partial charge in [0.1, 0.15) is 10.6 Å². The molecule has 22 heavy (non-hydrogen) atoms. The fourth-order valence-electron chi connectivity index (χ4n) is 2.01. The van der Waals surface area contributed by atoms with Crippen LogP contribution >= 0.6 is 11.6 Å². The Kier molecular flexibility index (Phi) is 4.43. The van der Waals surface area contributed by atoms with E-state index in [4.69, 9.17) is 27.8 Å². The van der Waals surface area contributed by atoms with Crippen molar-refractivity contribution in [1.29, 1.82) is 0 Å². The minimum Gasteiger partial charge on any atom is -0.491 e. The molecular weight excluding hydrogens is 330 g/mol. The quantitative estimate of drug-likeness (QED) is 0.601. The second kappa shape index (κ2) is 5.98. The van der Waals surface area contributed by atoms with Crippen LogP contribution in [-0.2, 0) is 14.6 Å². The van der Waals surface area contributed by atoms with Gasteiger partial charge in [0, 0.05) is 28.8 Å². The van der Waals surface area contributed by atoms with E-state index in [1.807, 2.05) is 0 Å². The molecule has 9 heteroatoms. The van der Waals surface area contributed by atoms with Gasteiger partial charge in [0.05, 0.1) is 6.61 Å². The number of guanidine groups is 1. The van der Waals surface area contributed by atoms with Crippen molar-refractivity contribution in [3.8, 4) is 5.75 Å². The van der Waals surface area contributed by atoms with E-state index in [0.29, 0.717) is 11.1 Å². The van der Waals surface area contributed by atoms with Crippen molar-refractivity contribution in [2.75, 3.05) is 12.9 Å². The van der Waals surface area contributed by atoms with E-state index in [1.54, 1.807) is 0 Å². The molecule has 0 spiro atoms. The van der Waals surface area contributed by atoms with Crippen LogP contribution in [0.2, 0.25) is 5.02 Å². The molecule has 2 rings (SSSR count). The van der Waals surface area contributed by atoms with E-state index in [-0.39, 0.29) is 34.7 Å². The summed E-state index contributed by atoms with van der Waals surface area (Å²) in [6, 6.07) is 2.83. The molecule has 0 aromatic heterocycles. The van der Waals surface area contributed by atoms with Crippen molar-refractivity contribution < 1.29 is 17.9 Å². The minimum absolute atomic E-state index is 0.0261. The SMILES string of the molecule is CS(=O)(=O)c1cc(Cl)cc2c1OCCC(C(=O)N=C(N)N)=C2. The number of nitrogens with zero attached hydrogens (tertiary/aromatic N) is 1. The number of rotatable bonds is 2. The zero-order valence-corrected chi connectivity index (χ0v) is 13.2. The highest BCUT2D eigenvalue weighted by molar-refractivity contribution is 7.90. The lowest BCUT2D eigenvalue weighted by molar-refractivity contribution is -0.114. The van der Waals surface area contributed by atoms with Gasteiger partial charge in [-0.25, -0.2) is 8.42 Å². The van der Waals surface area contributed by atoms with Crippen molar-refractivity contribution in [3.05, 3.63) is 28.3 Å². The van der Waals surface area contributed by atoms with Gasteiger partial charge in [-0.1, -0.05) is 11.6 Å². The fraction of sp³-hybridized carbons (Fsp3) is 0.231. The van der Waals surface area contributed by atoms with Gasteiger partial charge >= 0.3 is 0 Å². The molecule has 0 atom stereocenters. The number of benzene rings is 1. The molecule has 0 bridgehead atoms. The normalized spacial score (nSPS) is 14.2. The van der Waals surface area contributed by atoms with Crippen molar-refractivity contribution in [3.63, 3.8) is 0 Å². The molecule has 1 heterocycles. The van der Waals surface area contributed by atoms with Crippen LogP contribution in [0.5, 0.6) is 5.75 Å². The molecular formula is C13H14ClN3O4S. The number of hydrogen-bond acceptors (Lipinski definition) is 4. The van der Waals surface area contributed by atoms with Gasteiger partial charge in [0.15, 0.2) is 15.8 Å². The minimum atomic E-state index is -3.53. The molecule has 0 aliphatic carbocycles. The van der Waals surface area contributed by atoms with Crippen LogP contribution in [-0.4, -0.2) is 33.1 Å². The summed E-state index contributed by atoms with van der Waals surface area (Å²) in [5.74, 6) is -0.782. The smallest absolute Gasteiger partial charge is 0.276 e. The van der Waals surface area contributed by atoms with Gasteiger partial charge in [-0.3, -0.25) is 4.79 Å². The molecule has 0 saturated heterocycles. The van der Waals surface area contributed by atoms with Gasteiger partial charge in [-0.05, 0) is 18.2 Å². The lowest BCUT2D eigenvalue weighted by Crippen LogP contribution is -2.24. The van der Waals surface area contributed by atoms with Gasteiger partial charge in [0.2, 0.25) is 0 Å². The average molecular weight is 344 g/mol. The standard InChI is InChI=1S/C13H14ClN3O4S/c1-22(19,20)10-6-9(14)5-8-4-7(2-3-21-11(8)10)12(18)17-13(15)16/h4-6H,2-3H2,1H3,(H4,15,16,17,18). The zero-order chi connectivity index (χ0) is 16.5. The Morgan fingerprint density at radius 2 is 2.05 bits per heavy atom. The third-order valence-corrected chi connectivity index (χ3v) is 4.22. The number of sulfone groups is 1. The number of nitrogens with two attached hydrogens (primary N) is 2. The molecule has 1 aromatic carbocycles. The molecule has 4 N–H and O–H groups in total. The predicted octanol–water partition coefficient (Wildman–Crippen LogP) is 0.709. The van der Waals surface area contributed by atoms with Crippen molar-refractivity contribution >= 4 is 39.4 Å². The van der Waals surface area contributed by atoms with Crippen LogP contribution in [0, 0.1) is 0 Å². The van der Waals surface area contributed by atoms with E-state index in [9.17, 15) is 13.2 Å². The maximum Gasteiger partial charge on any atom is 0.276 e. The monoisotopic (exact) mass is 343 g/mol. The molecule has 1 aliphatic heterocycles. The third-order valence-electron chi connectivity index (χ3n) is 2.90. The summed E-state index contributed by atoms with van der Waals surface area (Å²) in [5, 5.41) is 0.217. The second-order valence-corrected chi connectivity index (χ2v) is 7.12. The summed E-state index contributed by atoms with van der Waals surface area (Å²) >= 11 is 5.95. The van der Waals surface area contributed by atoms with Crippen LogP contribution in [0.4, 0.5) is 0 Å². The van der Waals surface area contributed by atoms with Gasteiger partial charge in [-0.2, -0.15) is 4.99 Å². The van der Waals surface area contributed by atoms with Crippen molar-refractivity contribution in [2.24, 2.45) is 16.5 Å². The Hall–Kier alpha value is -2.06. The molecule has 118 valence electrons. The van der Waals surface area contributed by atoms with Gasteiger partial charge < -0.3 is 16.2 Å². The van der Waals surface area contributed by atoms with Gasteiger partial charge in [-0.15, -0.1) is 0 Å². The molecule has 1 amide bonds. The van der Waals surface area contributed by atoms with E-state index in [0.717, 1.165) is 6.26 Å². The van der Waals surface area contributed by atoms with Crippen LogP contribution in [0.3, 0.4) is 0 Å². The maximum atomic E-state index is 11.9. The average Bonchev–Trinajstić information content (AvgIpc) is 2.57. The largest absolute Gasteiger partial charge is 0.491 e. The third kappa shape index (κ3) is 3.58. The van der Waals surface area contributed by atoms with Crippen molar-refractivity contribution in [1.82, 2.24) is 0 Å². The molecule has 0 saturated carbocycles. The molecule has 7 nitrogen and oxygen atoms in total. The van der Waals surface area contributed by atoms with Crippen LogP contribution in [0.25, 0.3) is 6.08 Å². The first kappa shape index (κ1) is 16.3. The van der Waals surface area contributed by atoms with Crippen LogP contribution in [0.1, 0.15) is 12.0 Å². The Balaban J connectivity index is 2.61. The fourth-order valence-corrected chi connectivity index (χ4v) is 3.15. The van der Waals surface area contributed by atoms with E-state index in [2.05, 4.69) is 4.99 Å². The number of hydrogen-bond donors (Lipinski definition) is 2. The summed E-state index contributed by atoms with van der Waals surface area (Å²) in [5.41, 5.74) is 11.1. The molecule has 1 aliphatic rings. The highest BCUT2D eigenvalue weighted by atomic mass is 35.5. The molecule has 1 aromatic rings. The number of fused-ring (bicyclic) bond motifs is 1. The molecule has 0 unspecified atom stereocenters. The van der Waals surface area contributed by atoms with Crippen LogP contribution in [0.15, 0.2) is 27.6 Å². The summed E-state index contributed by atoms with van der Waals surface area (Å²) in [6.45, 7) is 0.120. The highest BCUT2D eigenvalue weighted by Gasteiger charge is 2.23. The number of aliphatic imine (C=N–C) groups is 1. The van der Waals surface area contributed by atoms with Gasteiger partial charge in [0.25, 0.3) is 5.91 Å². The topological polar surface area (TPSA) is 125 Å². The maximum absolute atomic E-state index is 11.9. The van der Waals surface area contributed by atoms with Crippen LogP contribution < -0.4 is 16.2 Å². The summed E-state index contributed by atoms with van der Waals surface area (Å²) < 4.78 is 29.2. The number of carbonyl (C=O) groups excluding carboxylic acids is 1. The Labute approximate surface area is 132 Å². The zero-order valence-electron chi connectivity index (χ0n) is 11.7. The van der Waals surface area contributed by atoms with Crippen molar-refractivity contribution in [2.45, 2.75) is 11.3 Å². The summed E-state index contributed by atoms with van der Waals surface area (Å²) in [4.78, 5) is 15.4. The first-order chi connectivity index (χ1) is 10.2. The Morgan fingerprint density at radius 3 is 2.64 bits per heavy atom. The highest BCUT2D eigenvalue weighted by Crippen LogP contribution is 2.35. The Morgan fingerprint density at radius 1 is 1.36 bits per heavy atom. The first-order valence-corrected chi connectivity index (χ1v) is 8.46. The summed E-state index contributed by atoms with van der Waals surface area (Å²) in [7, 11) is -3.53. The lowest BCUT2D eigenvalue weighted by Gasteiger charge is -2.11. The number of amides is 1. The van der Waals surface area contributed by atoms with E-state index in [1.165, 1.54) is 18.2 Å². The lowest BCUT2D eigenvalue weighted by atomic mass is 10.1. The number of carbonyl (C=O) groups is 1. The van der Waals surface area contributed by atoms with E-state index < -0.39 is 15.7 Å².